The van der Waals surface area contributed by atoms with Crippen LogP contribution in [0.25, 0.3) is 0 Å². The maximum Gasteiger partial charge on any atom is 0.405 e. The standard InChI is InChI=1S/C11H17F3N4O/c1-8(9(2)18-5-3-4-17-18)15-6-10(19)16-7-11(12,13)14/h3-5,8-9,15H,6-7H2,1-2H3,(H,16,19)/t8-,9-/m0/s1. The van der Waals surface area contributed by atoms with E-state index in [2.05, 4.69) is 10.4 Å². The summed E-state index contributed by atoms with van der Waals surface area (Å²) in [7, 11) is 0. The molecule has 1 heterocycles. The molecular weight excluding hydrogens is 261 g/mol. The maximum atomic E-state index is 11.9. The molecule has 0 aromatic carbocycles. The zero-order valence-corrected chi connectivity index (χ0v) is 10.7. The van der Waals surface area contributed by atoms with Crippen LogP contribution in [0.1, 0.15) is 19.9 Å². The van der Waals surface area contributed by atoms with Crippen LogP contribution in [0.15, 0.2) is 18.5 Å². The number of rotatable bonds is 6. The van der Waals surface area contributed by atoms with Gasteiger partial charge in [-0.05, 0) is 19.9 Å². The van der Waals surface area contributed by atoms with Gasteiger partial charge in [-0.1, -0.05) is 0 Å². The van der Waals surface area contributed by atoms with E-state index in [1.54, 1.807) is 28.5 Å². The predicted octanol–water partition coefficient (Wildman–Crippen LogP) is 1.10. The lowest BCUT2D eigenvalue weighted by Crippen LogP contribution is -2.43. The number of amides is 1. The molecule has 0 saturated heterocycles. The first-order chi connectivity index (χ1) is 8.79. The average Bonchev–Trinajstić information content (AvgIpc) is 2.85. The van der Waals surface area contributed by atoms with Crippen molar-refractivity contribution in [3.8, 4) is 0 Å². The smallest absolute Gasteiger partial charge is 0.346 e. The minimum absolute atomic E-state index is 0.00887. The molecule has 0 aliphatic heterocycles. The Hall–Kier alpha value is -1.57. The number of carbonyl (C=O) groups is 1. The van der Waals surface area contributed by atoms with Crippen LogP contribution in [0, 0.1) is 0 Å². The molecule has 0 aliphatic carbocycles. The van der Waals surface area contributed by atoms with Crippen molar-refractivity contribution in [2.45, 2.75) is 32.1 Å². The Morgan fingerprint density at radius 1 is 1.42 bits per heavy atom. The van der Waals surface area contributed by atoms with Gasteiger partial charge in [0.15, 0.2) is 0 Å². The van der Waals surface area contributed by atoms with Crippen molar-refractivity contribution in [1.82, 2.24) is 20.4 Å². The Balaban J connectivity index is 2.30. The van der Waals surface area contributed by atoms with Gasteiger partial charge in [0.05, 0.1) is 12.6 Å². The van der Waals surface area contributed by atoms with Crippen molar-refractivity contribution in [3.63, 3.8) is 0 Å². The van der Waals surface area contributed by atoms with Gasteiger partial charge in [0, 0.05) is 18.4 Å². The topological polar surface area (TPSA) is 59.0 Å². The van der Waals surface area contributed by atoms with Crippen LogP contribution in [-0.4, -0.2) is 41.0 Å². The maximum absolute atomic E-state index is 11.9. The Labute approximate surface area is 109 Å². The van der Waals surface area contributed by atoms with E-state index in [0.29, 0.717) is 0 Å². The molecule has 8 heteroatoms. The minimum atomic E-state index is -4.39. The molecule has 0 spiro atoms. The monoisotopic (exact) mass is 278 g/mol. The molecule has 0 bridgehead atoms. The fourth-order valence-corrected chi connectivity index (χ4v) is 1.44. The molecule has 1 aromatic rings. The fraction of sp³-hybridized carbons (Fsp3) is 0.636. The normalized spacial score (nSPS) is 15.0. The molecule has 2 atom stereocenters. The van der Waals surface area contributed by atoms with Crippen LogP contribution in [0.5, 0.6) is 0 Å². The molecule has 0 unspecified atom stereocenters. The number of nitrogens with one attached hydrogen (secondary N) is 2. The lowest BCUT2D eigenvalue weighted by atomic mass is 10.2. The van der Waals surface area contributed by atoms with Crippen LogP contribution in [0.4, 0.5) is 13.2 Å². The molecule has 0 aliphatic rings. The summed E-state index contributed by atoms with van der Waals surface area (Å²) in [5.74, 6) is -0.683. The molecule has 19 heavy (non-hydrogen) atoms. The Bertz CT molecular complexity index is 391. The third-order valence-electron chi connectivity index (χ3n) is 2.74. The van der Waals surface area contributed by atoms with Crippen molar-refractivity contribution in [1.29, 1.82) is 0 Å². The molecule has 1 rings (SSSR count). The summed E-state index contributed by atoms with van der Waals surface area (Å²) in [6.45, 7) is 2.27. The number of nitrogens with zero attached hydrogens (tertiary/aromatic N) is 2. The Morgan fingerprint density at radius 3 is 2.63 bits per heavy atom. The lowest BCUT2D eigenvalue weighted by molar-refractivity contribution is -0.138. The van der Waals surface area contributed by atoms with Crippen LogP contribution < -0.4 is 10.6 Å². The number of carbonyl (C=O) groups excluding carboxylic acids is 1. The van der Waals surface area contributed by atoms with Crippen LogP contribution >= 0.6 is 0 Å². The molecule has 1 amide bonds. The Kier molecular flexibility index (Phi) is 5.34. The van der Waals surface area contributed by atoms with Crippen LogP contribution in [0.2, 0.25) is 0 Å². The Morgan fingerprint density at radius 2 is 2.11 bits per heavy atom. The summed E-state index contributed by atoms with van der Waals surface area (Å²) < 4.78 is 37.4. The highest BCUT2D eigenvalue weighted by molar-refractivity contribution is 5.78. The first kappa shape index (κ1) is 15.5. The molecular formula is C11H17F3N4O. The number of alkyl halides is 3. The van der Waals surface area contributed by atoms with E-state index in [1.807, 2.05) is 13.8 Å². The zero-order valence-electron chi connectivity index (χ0n) is 10.7. The molecule has 0 radical (unpaired) electrons. The van der Waals surface area contributed by atoms with Crippen molar-refractivity contribution < 1.29 is 18.0 Å². The fourth-order valence-electron chi connectivity index (χ4n) is 1.44. The van der Waals surface area contributed by atoms with Gasteiger partial charge in [-0.2, -0.15) is 18.3 Å². The highest BCUT2D eigenvalue weighted by Gasteiger charge is 2.27. The van der Waals surface area contributed by atoms with Crippen molar-refractivity contribution >= 4 is 5.91 Å². The number of aromatic nitrogens is 2. The van der Waals surface area contributed by atoms with Gasteiger partial charge in [-0.25, -0.2) is 0 Å². The largest absolute Gasteiger partial charge is 0.405 e. The quantitative estimate of drug-likeness (QED) is 0.819. The molecule has 0 fully saturated rings. The highest BCUT2D eigenvalue weighted by Crippen LogP contribution is 2.12. The van der Waals surface area contributed by atoms with Crippen molar-refractivity contribution in [2.24, 2.45) is 0 Å². The first-order valence-electron chi connectivity index (χ1n) is 5.85. The average molecular weight is 278 g/mol. The summed E-state index contributed by atoms with van der Waals surface area (Å²) >= 11 is 0. The molecule has 2 N–H and O–H groups in total. The van der Waals surface area contributed by atoms with Gasteiger partial charge in [0.1, 0.15) is 6.54 Å². The lowest BCUT2D eigenvalue weighted by Gasteiger charge is -2.21. The van der Waals surface area contributed by atoms with Gasteiger partial charge in [-0.15, -0.1) is 0 Å². The van der Waals surface area contributed by atoms with E-state index >= 15 is 0 Å². The third kappa shape index (κ3) is 5.73. The second-order valence-electron chi connectivity index (χ2n) is 4.29. The minimum Gasteiger partial charge on any atom is -0.346 e. The van der Waals surface area contributed by atoms with Gasteiger partial charge < -0.3 is 10.6 Å². The van der Waals surface area contributed by atoms with Gasteiger partial charge >= 0.3 is 6.18 Å². The number of hydrogen-bond donors (Lipinski definition) is 2. The van der Waals surface area contributed by atoms with Gasteiger partial charge in [0.2, 0.25) is 5.91 Å². The van der Waals surface area contributed by atoms with E-state index < -0.39 is 18.6 Å². The molecule has 1 aromatic heterocycles. The first-order valence-corrected chi connectivity index (χ1v) is 5.85. The highest BCUT2D eigenvalue weighted by atomic mass is 19.4. The van der Waals surface area contributed by atoms with E-state index in [0.717, 1.165) is 0 Å². The van der Waals surface area contributed by atoms with E-state index in [4.69, 9.17) is 0 Å². The second kappa shape index (κ2) is 6.55. The summed E-state index contributed by atoms with van der Waals surface area (Å²) in [6, 6.07) is 1.67. The summed E-state index contributed by atoms with van der Waals surface area (Å²) in [6.07, 6.45) is -0.963. The van der Waals surface area contributed by atoms with Crippen molar-refractivity contribution in [2.75, 3.05) is 13.1 Å². The second-order valence-corrected chi connectivity index (χ2v) is 4.29. The summed E-state index contributed by atoms with van der Waals surface area (Å²) in [5.41, 5.74) is 0. The van der Waals surface area contributed by atoms with E-state index in [1.165, 1.54) is 0 Å². The van der Waals surface area contributed by atoms with Gasteiger partial charge in [-0.3, -0.25) is 9.48 Å². The van der Waals surface area contributed by atoms with Crippen LogP contribution in [-0.2, 0) is 4.79 Å². The van der Waals surface area contributed by atoms with Crippen molar-refractivity contribution in [3.05, 3.63) is 18.5 Å². The summed E-state index contributed by atoms with van der Waals surface area (Å²) in [4.78, 5) is 11.2. The zero-order chi connectivity index (χ0) is 14.5. The predicted molar refractivity (Wildman–Crippen MR) is 63.5 cm³/mol. The van der Waals surface area contributed by atoms with E-state index in [9.17, 15) is 18.0 Å². The molecule has 5 nitrogen and oxygen atoms in total. The molecule has 108 valence electrons. The number of halogens is 3. The van der Waals surface area contributed by atoms with Crippen LogP contribution in [0.3, 0.4) is 0 Å². The van der Waals surface area contributed by atoms with Gasteiger partial charge in [0.25, 0.3) is 0 Å². The molecule has 0 saturated carbocycles. The summed E-state index contributed by atoms with van der Waals surface area (Å²) in [5, 5.41) is 8.73. The third-order valence-corrected chi connectivity index (χ3v) is 2.74. The SMILES string of the molecule is C[C@H](NCC(=O)NCC(F)(F)F)[C@H](C)n1cccn1. The van der Waals surface area contributed by atoms with E-state index in [-0.39, 0.29) is 18.6 Å². The number of hydrogen-bond acceptors (Lipinski definition) is 3.